The molecule has 2 aliphatic heterocycles. The van der Waals surface area contributed by atoms with Crippen LogP contribution >= 0.6 is 0 Å². The highest BCUT2D eigenvalue weighted by atomic mass is 16.5. The SMILES string of the molecule is Nc1ccc2c(c1)N(C1CCOCC1)CCC2. The van der Waals surface area contributed by atoms with Crippen molar-refractivity contribution in [2.45, 2.75) is 31.7 Å². The second kappa shape index (κ2) is 4.57. The monoisotopic (exact) mass is 232 g/mol. The molecule has 0 amide bonds. The van der Waals surface area contributed by atoms with Crippen LogP contribution in [0.25, 0.3) is 0 Å². The zero-order chi connectivity index (χ0) is 11.7. The van der Waals surface area contributed by atoms with Crippen LogP contribution in [0.2, 0.25) is 0 Å². The topological polar surface area (TPSA) is 38.5 Å². The number of nitrogens with two attached hydrogens (primary N) is 1. The maximum Gasteiger partial charge on any atom is 0.0485 e. The summed E-state index contributed by atoms with van der Waals surface area (Å²) in [7, 11) is 0. The molecule has 2 N–H and O–H groups in total. The van der Waals surface area contributed by atoms with Crippen LogP contribution in [0.15, 0.2) is 18.2 Å². The molecule has 0 aromatic heterocycles. The van der Waals surface area contributed by atoms with Crippen molar-refractivity contribution in [3.05, 3.63) is 23.8 Å². The van der Waals surface area contributed by atoms with Gasteiger partial charge in [-0.3, -0.25) is 0 Å². The summed E-state index contributed by atoms with van der Waals surface area (Å²) in [5.74, 6) is 0. The van der Waals surface area contributed by atoms with E-state index in [1.165, 1.54) is 30.6 Å². The van der Waals surface area contributed by atoms with E-state index in [1.807, 2.05) is 6.07 Å². The lowest BCUT2D eigenvalue weighted by Gasteiger charge is -2.39. The third kappa shape index (κ3) is 2.12. The van der Waals surface area contributed by atoms with Crippen molar-refractivity contribution in [2.24, 2.45) is 0 Å². The molecule has 0 atom stereocenters. The summed E-state index contributed by atoms with van der Waals surface area (Å²) in [5.41, 5.74) is 9.62. The molecule has 1 saturated heterocycles. The minimum absolute atomic E-state index is 0.643. The lowest BCUT2D eigenvalue weighted by molar-refractivity contribution is 0.0841. The fourth-order valence-electron chi connectivity index (χ4n) is 3.00. The van der Waals surface area contributed by atoms with Crippen LogP contribution in [0, 0.1) is 0 Å². The van der Waals surface area contributed by atoms with Gasteiger partial charge in [-0.05, 0) is 43.4 Å². The summed E-state index contributed by atoms with van der Waals surface area (Å²) in [5, 5.41) is 0. The number of nitrogens with zero attached hydrogens (tertiary/aromatic N) is 1. The Labute approximate surface area is 103 Å². The number of ether oxygens (including phenoxy) is 1. The zero-order valence-electron chi connectivity index (χ0n) is 10.2. The Balaban J connectivity index is 1.89. The van der Waals surface area contributed by atoms with Gasteiger partial charge in [0.1, 0.15) is 0 Å². The average Bonchev–Trinajstić information content (AvgIpc) is 2.39. The lowest BCUT2D eigenvalue weighted by atomic mass is 9.97. The van der Waals surface area contributed by atoms with E-state index < -0.39 is 0 Å². The number of anilines is 2. The van der Waals surface area contributed by atoms with Gasteiger partial charge < -0.3 is 15.4 Å². The Morgan fingerprint density at radius 1 is 1.24 bits per heavy atom. The third-order valence-corrected chi connectivity index (χ3v) is 3.90. The van der Waals surface area contributed by atoms with E-state index in [-0.39, 0.29) is 0 Å². The van der Waals surface area contributed by atoms with E-state index in [0.717, 1.165) is 31.7 Å². The highest BCUT2D eigenvalue weighted by Gasteiger charge is 2.25. The summed E-state index contributed by atoms with van der Waals surface area (Å²) < 4.78 is 5.45. The van der Waals surface area contributed by atoms with E-state index in [1.54, 1.807) is 0 Å². The van der Waals surface area contributed by atoms with Crippen molar-refractivity contribution in [1.82, 2.24) is 0 Å². The Morgan fingerprint density at radius 3 is 2.88 bits per heavy atom. The van der Waals surface area contributed by atoms with Crippen LogP contribution in [0.5, 0.6) is 0 Å². The molecule has 0 radical (unpaired) electrons. The van der Waals surface area contributed by atoms with Gasteiger partial charge in [0.15, 0.2) is 0 Å². The summed E-state index contributed by atoms with van der Waals surface area (Å²) in [4.78, 5) is 2.55. The number of hydrogen-bond acceptors (Lipinski definition) is 3. The molecule has 3 rings (SSSR count). The van der Waals surface area contributed by atoms with E-state index in [2.05, 4.69) is 17.0 Å². The van der Waals surface area contributed by atoms with Crippen LogP contribution in [0.1, 0.15) is 24.8 Å². The largest absolute Gasteiger partial charge is 0.399 e. The van der Waals surface area contributed by atoms with Crippen molar-refractivity contribution in [3.63, 3.8) is 0 Å². The van der Waals surface area contributed by atoms with Gasteiger partial charge in [-0.2, -0.15) is 0 Å². The van der Waals surface area contributed by atoms with Crippen LogP contribution in [0.3, 0.4) is 0 Å². The molecule has 0 bridgehead atoms. The Kier molecular flexibility index (Phi) is 2.93. The minimum Gasteiger partial charge on any atom is -0.399 e. The second-order valence-electron chi connectivity index (χ2n) is 5.03. The number of fused-ring (bicyclic) bond motifs is 1. The predicted molar refractivity (Wildman–Crippen MR) is 70.4 cm³/mol. The van der Waals surface area contributed by atoms with E-state index in [4.69, 9.17) is 10.5 Å². The third-order valence-electron chi connectivity index (χ3n) is 3.90. The first-order valence-corrected chi connectivity index (χ1v) is 6.57. The first-order chi connectivity index (χ1) is 8.34. The molecule has 2 aliphatic rings. The molecule has 0 saturated carbocycles. The molecule has 0 aliphatic carbocycles. The smallest absolute Gasteiger partial charge is 0.0485 e. The lowest BCUT2D eigenvalue weighted by Crippen LogP contribution is -2.42. The van der Waals surface area contributed by atoms with Crippen molar-refractivity contribution in [2.75, 3.05) is 30.4 Å². The normalized spacial score (nSPS) is 21.3. The van der Waals surface area contributed by atoms with Crippen molar-refractivity contribution < 1.29 is 4.74 Å². The maximum absolute atomic E-state index is 5.92. The summed E-state index contributed by atoms with van der Waals surface area (Å²) in [6.07, 6.45) is 4.74. The number of hydrogen-bond donors (Lipinski definition) is 1. The van der Waals surface area contributed by atoms with Crippen LogP contribution < -0.4 is 10.6 Å². The fourth-order valence-corrected chi connectivity index (χ4v) is 3.00. The average molecular weight is 232 g/mol. The highest BCUT2D eigenvalue weighted by molar-refractivity contribution is 5.63. The summed E-state index contributed by atoms with van der Waals surface area (Å²) >= 11 is 0. The fraction of sp³-hybridized carbons (Fsp3) is 0.571. The standard InChI is InChI=1S/C14H20N2O/c15-12-4-3-11-2-1-7-16(14(11)10-12)13-5-8-17-9-6-13/h3-4,10,13H,1-2,5-9,15H2. The van der Waals surface area contributed by atoms with Crippen LogP contribution in [-0.2, 0) is 11.2 Å². The van der Waals surface area contributed by atoms with E-state index in [9.17, 15) is 0 Å². The number of benzene rings is 1. The Hall–Kier alpha value is -1.22. The van der Waals surface area contributed by atoms with E-state index >= 15 is 0 Å². The molecule has 3 heteroatoms. The Bertz CT molecular complexity index is 399. The molecule has 2 heterocycles. The van der Waals surface area contributed by atoms with Gasteiger partial charge in [-0.1, -0.05) is 6.07 Å². The quantitative estimate of drug-likeness (QED) is 0.754. The molecule has 1 aromatic carbocycles. The number of nitrogen functional groups attached to an aromatic ring is 1. The van der Waals surface area contributed by atoms with Crippen LogP contribution in [0.4, 0.5) is 11.4 Å². The maximum atomic E-state index is 5.92. The molecule has 17 heavy (non-hydrogen) atoms. The highest BCUT2D eigenvalue weighted by Crippen LogP contribution is 2.32. The van der Waals surface area contributed by atoms with Gasteiger partial charge in [0.2, 0.25) is 0 Å². The summed E-state index contributed by atoms with van der Waals surface area (Å²) in [6, 6.07) is 7.00. The molecule has 92 valence electrons. The molecule has 3 nitrogen and oxygen atoms in total. The summed E-state index contributed by atoms with van der Waals surface area (Å²) in [6.45, 7) is 2.97. The molecule has 0 unspecified atom stereocenters. The van der Waals surface area contributed by atoms with Gasteiger partial charge in [0, 0.05) is 37.2 Å². The second-order valence-corrected chi connectivity index (χ2v) is 5.03. The molecular weight excluding hydrogens is 212 g/mol. The number of rotatable bonds is 1. The van der Waals surface area contributed by atoms with Gasteiger partial charge in [-0.15, -0.1) is 0 Å². The first kappa shape index (κ1) is 10.9. The zero-order valence-corrected chi connectivity index (χ0v) is 10.2. The Morgan fingerprint density at radius 2 is 2.06 bits per heavy atom. The predicted octanol–water partition coefficient (Wildman–Crippen LogP) is 2.20. The molecule has 1 aromatic rings. The molecule has 0 spiro atoms. The van der Waals surface area contributed by atoms with Crippen LogP contribution in [-0.4, -0.2) is 25.8 Å². The van der Waals surface area contributed by atoms with Crippen molar-refractivity contribution in [1.29, 1.82) is 0 Å². The van der Waals surface area contributed by atoms with E-state index in [0.29, 0.717) is 6.04 Å². The number of aryl methyl sites for hydroxylation is 1. The van der Waals surface area contributed by atoms with Crippen molar-refractivity contribution in [3.8, 4) is 0 Å². The van der Waals surface area contributed by atoms with Crippen molar-refractivity contribution >= 4 is 11.4 Å². The van der Waals surface area contributed by atoms with Gasteiger partial charge in [0.25, 0.3) is 0 Å². The molecular formula is C14H20N2O. The molecule has 1 fully saturated rings. The first-order valence-electron chi connectivity index (χ1n) is 6.57. The van der Waals surface area contributed by atoms with Gasteiger partial charge >= 0.3 is 0 Å². The van der Waals surface area contributed by atoms with Gasteiger partial charge in [0.05, 0.1) is 0 Å². The van der Waals surface area contributed by atoms with Gasteiger partial charge in [-0.25, -0.2) is 0 Å². The minimum atomic E-state index is 0.643.